The monoisotopic (exact) mass is 276 g/mol. The van der Waals surface area contributed by atoms with E-state index in [9.17, 15) is 4.57 Å². The van der Waals surface area contributed by atoms with Gasteiger partial charge in [0.15, 0.2) is 0 Å². The largest absolute Gasteiger partial charge is 0.370 e. The van der Waals surface area contributed by atoms with Crippen LogP contribution in [0.3, 0.4) is 0 Å². The van der Waals surface area contributed by atoms with Gasteiger partial charge in [0, 0.05) is 0 Å². The number of rotatable bonds is 7. The van der Waals surface area contributed by atoms with Crippen molar-refractivity contribution >= 4 is 7.60 Å². The van der Waals surface area contributed by atoms with Crippen molar-refractivity contribution in [2.75, 3.05) is 6.16 Å². The molecule has 0 spiro atoms. The topological polar surface area (TPSA) is 48.1 Å². The lowest BCUT2D eigenvalue weighted by Crippen LogP contribution is -2.12. The molecule has 1 saturated heterocycles. The molecule has 2 atom stereocenters. The van der Waals surface area contributed by atoms with Gasteiger partial charge in [0.2, 0.25) is 0 Å². The lowest BCUT2D eigenvalue weighted by molar-refractivity contribution is 0.140. The Morgan fingerprint density at radius 3 is 2.06 bits per heavy atom. The van der Waals surface area contributed by atoms with Crippen LogP contribution in [0.1, 0.15) is 47.0 Å². The molecule has 4 nitrogen and oxygen atoms in total. The second kappa shape index (κ2) is 5.62. The van der Waals surface area contributed by atoms with Crippen LogP contribution in [-0.2, 0) is 18.3 Å². The molecule has 0 N–H and O–H groups in total. The molecular weight excluding hydrogens is 251 g/mol. The van der Waals surface area contributed by atoms with E-state index in [0.717, 1.165) is 19.3 Å². The highest BCUT2D eigenvalue weighted by Gasteiger charge is 2.48. The summed E-state index contributed by atoms with van der Waals surface area (Å²) < 4.78 is 29.1. The standard InChI is InChI=1S/C13H25O4P/c1-9(2)16-18(14,17-10(3)4)6-5-11-7-12-13(8-11)15-12/h9-13H,5-8H2,1-4H3. The van der Waals surface area contributed by atoms with E-state index in [0.29, 0.717) is 24.3 Å². The fourth-order valence-corrected chi connectivity index (χ4v) is 4.92. The van der Waals surface area contributed by atoms with E-state index in [1.807, 2.05) is 27.7 Å². The average Bonchev–Trinajstić information content (AvgIpc) is 2.81. The molecule has 2 fully saturated rings. The Labute approximate surface area is 110 Å². The molecule has 1 heterocycles. The third-order valence-electron chi connectivity index (χ3n) is 3.37. The molecule has 2 unspecified atom stereocenters. The summed E-state index contributed by atoms with van der Waals surface area (Å²) in [7, 11) is -2.93. The van der Waals surface area contributed by atoms with Crippen molar-refractivity contribution in [2.24, 2.45) is 5.92 Å². The maximum Gasteiger partial charge on any atom is 0.331 e. The zero-order chi connectivity index (χ0) is 13.3. The Bertz CT molecular complexity index is 305. The van der Waals surface area contributed by atoms with E-state index in [-0.39, 0.29) is 12.2 Å². The highest BCUT2D eigenvalue weighted by atomic mass is 31.2. The first kappa shape index (κ1) is 14.5. The summed E-state index contributed by atoms with van der Waals surface area (Å²) in [4.78, 5) is 0. The van der Waals surface area contributed by atoms with Crippen LogP contribution in [0, 0.1) is 5.92 Å². The van der Waals surface area contributed by atoms with E-state index in [4.69, 9.17) is 13.8 Å². The van der Waals surface area contributed by atoms with E-state index in [1.54, 1.807) is 0 Å². The molecule has 0 aromatic rings. The van der Waals surface area contributed by atoms with Gasteiger partial charge in [-0.1, -0.05) is 0 Å². The average molecular weight is 276 g/mol. The summed E-state index contributed by atoms with van der Waals surface area (Å²) in [5.74, 6) is 0.633. The number of hydrogen-bond acceptors (Lipinski definition) is 4. The van der Waals surface area contributed by atoms with E-state index < -0.39 is 7.60 Å². The van der Waals surface area contributed by atoms with Crippen molar-refractivity contribution in [1.82, 2.24) is 0 Å². The summed E-state index contributed by atoms with van der Waals surface area (Å²) in [5.41, 5.74) is 0. The Hall–Kier alpha value is 0.110. The molecule has 2 rings (SSSR count). The minimum atomic E-state index is -2.93. The van der Waals surface area contributed by atoms with Crippen molar-refractivity contribution in [2.45, 2.75) is 71.4 Å². The molecular formula is C13H25O4P. The third-order valence-corrected chi connectivity index (χ3v) is 5.66. The smallest absolute Gasteiger partial charge is 0.331 e. The SMILES string of the molecule is CC(C)OP(=O)(CCC1CC2OC2C1)OC(C)C. The summed E-state index contributed by atoms with van der Waals surface area (Å²) >= 11 is 0. The van der Waals surface area contributed by atoms with Crippen molar-refractivity contribution in [3.05, 3.63) is 0 Å². The van der Waals surface area contributed by atoms with E-state index in [2.05, 4.69) is 0 Å². The first-order chi connectivity index (χ1) is 8.38. The minimum absolute atomic E-state index is 0.0603. The fourth-order valence-electron chi connectivity index (χ4n) is 2.70. The fraction of sp³-hybridized carbons (Fsp3) is 1.00. The number of hydrogen-bond donors (Lipinski definition) is 0. The Morgan fingerprint density at radius 2 is 1.61 bits per heavy atom. The Balaban J connectivity index is 1.82. The van der Waals surface area contributed by atoms with Crippen LogP contribution in [0.25, 0.3) is 0 Å². The molecule has 1 saturated carbocycles. The van der Waals surface area contributed by atoms with Gasteiger partial charge in [-0.3, -0.25) is 4.57 Å². The van der Waals surface area contributed by atoms with Crippen molar-refractivity contribution in [1.29, 1.82) is 0 Å². The molecule has 0 aromatic carbocycles. The summed E-state index contributed by atoms with van der Waals surface area (Å²) in [5, 5.41) is 0. The molecule has 18 heavy (non-hydrogen) atoms. The Kier molecular flexibility index (Phi) is 4.53. The second-order valence-electron chi connectivity index (χ2n) is 5.98. The summed E-state index contributed by atoms with van der Waals surface area (Å²) in [6.45, 7) is 7.59. The van der Waals surface area contributed by atoms with Crippen molar-refractivity contribution in [3.8, 4) is 0 Å². The van der Waals surface area contributed by atoms with Crippen LogP contribution in [0.4, 0.5) is 0 Å². The minimum Gasteiger partial charge on any atom is -0.370 e. The summed E-state index contributed by atoms with van der Waals surface area (Å²) in [6, 6.07) is 0. The van der Waals surface area contributed by atoms with Gasteiger partial charge in [-0.05, 0) is 52.9 Å². The van der Waals surface area contributed by atoms with E-state index in [1.165, 1.54) is 0 Å². The van der Waals surface area contributed by atoms with Crippen LogP contribution in [-0.4, -0.2) is 30.6 Å². The van der Waals surface area contributed by atoms with Gasteiger partial charge in [-0.15, -0.1) is 0 Å². The van der Waals surface area contributed by atoms with Gasteiger partial charge in [0.25, 0.3) is 0 Å². The number of epoxide rings is 1. The first-order valence-corrected chi connectivity index (χ1v) is 8.72. The molecule has 0 radical (unpaired) electrons. The maximum absolute atomic E-state index is 12.6. The molecule has 1 aliphatic carbocycles. The van der Waals surface area contributed by atoms with Gasteiger partial charge in [0.1, 0.15) is 0 Å². The predicted molar refractivity (Wildman–Crippen MR) is 70.9 cm³/mol. The van der Waals surface area contributed by atoms with Crippen molar-refractivity contribution < 1.29 is 18.3 Å². The molecule has 0 bridgehead atoms. The number of ether oxygens (including phenoxy) is 1. The molecule has 0 amide bonds. The molecule has 2 aliphatic rings. The van der Waals surface area contributed by atoms with Crippen LogP contribution in [0.15, 0.2) is 0 Å². The lowest BCUT2D eigenvalue weighted by atomic mass is 10.1. The van der Waals surface area contributed by atoms with Gasteiger partial charge in [-0.2, -0.15) is 0 Å². The highest BCUT2D eigenvalue weighted by Crippen LogP contribution is 2.53. The van der Waals surface area contributed by atoms with Gasteiger partial charge in [-0.25, -0.2) is 0 Å². The molecule has 5 heteroatoms. The van der Waals surface area contributed by atoms with E-state index >= 15 is 0 Å². The zero-order valence-electron chi connectivity index (χ0n) is 11.8. The van der Waals surface area contributed by atoms with Gasteiger partial charge >= 0.3 is 7.60 Å². The lowest BCUT2D eigenvalue weighted by Gasteiger charge is -2.24. The predicted octanol–water partition coefficient (Wildman–Crippen LogP) is 3.60. The normalized spacial score (nSPS) is 31.1. The highest BCUT2D eigenvalue weighted by molar-refractivity contribution is 7.53. The molecule has 0 aromatic heterocycles. The van der Waals surface area contributed by atoms with Gasteiger partial charge in [0.05, 0.1) is 30.6 Å². The first-order valence-electron chi connectivity index (χ1n) is 6.99. The van der Waals surface area contributed by atoms with Crippen LogP contribution < -0.4 is 0 Å². The quantitative estimate of drug-likeness (QED) is 0.526. The molecule has 1 aliphatic heterocycles. The Morgan fingerprint density at radius 1 is 1.11 bits per heavy atom. The maximum atomic E-state index is 12.6. The van der Waals surface area contributed by atoms with Crippen molar-refractivity contribution in [3.63, 3.8) is 0 Å². The van der Waals surface area contributed by atoms with Crippen LogP contribution in [0.5, 0.6) is 0 Å². The second-order valence-corrected chi connectivity index (χ2v) is 8.07. The number of fused-ring (bicyclic) bond motifs is 1. The summed E-state index contributed by atoms with van der Waals surface area (Å²) in [6.07, 6.45) is 4.56. The zero-order valence-corrected chi connectivity index (χ0v) is 12.7. The van der Waals surface area contributed by atoms with Crippen LogP contribution >= 0.6 is 7.60 Å². The third kappa shape index (κ3) is 4.06. The molecule has 106 valence electrons. The van der Waals surface area contributed by atoms with Crippen LogP contribution in [0.2, 0.25) is 0 Å². The van der Waals surface area contributed by atoms with Gasteiger partial charge < -0.3 is 13.8 Å².